The molecule has 1 N–H and O–H groups in total. The third-order valence-electron chi connectivity index (χ3n) is 1.99. The lowest BCUT2D eigenvalue weighted by atomic mass is 10.1. The molecule has 0 radical (unpaired) electrons. The van der Waals surface area contributed by atoms with E-state index in [1.54, 1.807) is 14.0 Å². The van der Waals surface area contributed by atoms with Gasteiger partial charge in [0.25, 0.3) is 0 Å². The number of carbonyl (C=O) groups excluding carboxylic acids is 1. The fourth-order valence-electron chi connectivity index (χ4n) is 1.34. The molecule has 3 heteroatoms. The Labute approximate surface area is 84.1 Å². The van der Waals surface area contributed by atoms with Crippen LogP contribution in [0.25, 0.3) is 0 Å². The second-order valence-electron chi connectivity index (χ2n) is 3.16. The number of nitrogens with one attached hydrogen (secondary N) is 1. The van der Waals surface area contributed by atoms with Crippen LogP contribution in [0.2, 0.25) is 0 Å². The lowest BCUT2D eigenvalue weighted by Crippen LogP contribution is -1.99. The molecule has 76 valence electrons. The van der Waals surface area contributed by atoms with Crippen molar-refractivity contribution in [2.24, 2.45) is 0 Å². The Bertz CT molecular complexity index is 334. The van der Waals surface area contributed by atoms with Crippen molar-refractivity contribution in [2.45, 2.75) is 13.3 Å². The van der Waals surface area contributed by atoms with Crippen molar-refractivity contribution < 1.29 is 9.53 Å². The van der Waals surface area contributed by atoms with E-state index in [9.17, 15) is 4.79 Å². The zero-order valence-electron chi connectivity index (χ0n) is 8.76. The molecule has 0 spiro atoms. The van der Waals surface area contributed by atoms with Gasteiger partial charge in [0.05, 0.1) is 12.8 Å². The number of methoxy groups -OCH3 is 1. The highest BCUT2D eigenvalue weighted by atomic mass is 16.5. The van der Waals surface area contributed by atoms with Gasteiger partial charge in [0.1, 0.15) is 11.5 Å². The second kappa shape index (κ2) is 4.65. The molecule has 3 nitrogen and oxygen atoms in total. The maximum absolute atomic E-state index is 10.9. The van der Waals surface area contributed by atoms with Gasteiger partial charge in [-0.25, -0.2) is 0 Å². The third kappa shape index (κ3) is 2.49. The van der Waals surface area contributed by atoms with Crippen molar-refractivity contribution in [3.63, 3.8) is 0 Å². The van der Waals surface area contributed by atoms with Crippen LogP contribution in [0.4, 0.5) is 5.69 Å². The maximum Gasteiger partial charge on any atom is 0.142 e. The summed E-state index contributed by atoms with van der Waals surface area (Å²) in [6, 6.07) is 5.72. The van der Waals surface area contributed by atoms with E-state index in [4.69, 9.17) is 4.74 Å². The second-order valence-corrected chi connectivity index (χ2v) is 3.16. The smallest absolute Gasteiger partial charge is 0.142 e. The quantitative estimate of drug-likeness (QED) is 0.793. The number of Topliss-reactive ketones (excluding diaryl/α,β-unsaturated/α-hetero) is 1. The molecular weight excluding hydrogens is 178 g/mol. The molecule has 0 saturated heterocycles. The summed E-state index contributed by atoms with van der Waals surface area (Å²) in [5.41, 5.74) is 1.91. The largest absolute Gasteiger partial charge is 0.495 e. The van der Waals surface area contributed by atoms with Crippen LogP contribution in [0.15, 0.2) is 18.2 Å². The van der Waals surface area contributed by atoms with Crippen LogP contribution >= 0.6 is 0 Å². The molecule has 0 amide bonds. The first-order chi connectivity index (χ1) is 6.67. The van der Waals surface area contributed by atoms with Gasteiger partial charge in [-0.1, -0.05) is 6.07 Å². The number of ether oxygens (including phenoxy) is 1. The molecule has 1 rings (SSSR count). The number of carbonyl (C=O) groups is 1. The molecule has 0 fully saturated rings. The van der Waals surface area contributed by atoms with Crippen molar-refractivity contribution in [1.82, 2.24) is 0 Å². The summed E-state index contributed by atoms with van der Waals surface area (Å²) in [5.74, 6) is 0.926. The maximum atomic E-state index is 10.9. The van der Waals surface area contributed by atoms with Crippen LogP contribution in [-0.4, -0.2) is 19.9 Å². The number of hydrogen-bond donors (Lipinski definition) is 1. The lowest BCUT2D eigenvalue weighted by molar-refractivity contribution is -0.116. The summed E-state index contributed by atoms with van der Waals surface area (Å²) < 4.78 is 5.18. The molecule has 0 bridgehead atoms. The molecule has 0 aliphatic carbocycles. The van der Waals surface area contributed by atoms with Gasteiger partial charge in [-0.05, 0) is 24.6 Å². The highest BCUT2D eigenvalue weighted by Crippen LogP contribution is 2.25. The van der Waals surface area contributed by atoms with Gasteiger partial charge in [-0.2, -0.15) is 0 Å². The number of benzene rings is 1. The van der Waals surface area contributed by atoms with Gasteiger partial charge in [-0.15, -0.1) is 0 Å². The van der Waals surface area contributed by atoms with Gasteiger partial charge in [0.2, 0.25) is 0 Å². The van der Waals surface area contributed by atoms with Crippen LogP contribution in [0.1, 0.15) is 12.5 Å². The van der Waals surface area contributed by atoms with E-state index in [1.807, 2.05) is 25.2 Å². The van der Waals surface area contributed by atoms with Gasteiger partial charge in [0.15, 0.2) is 0 Å². The summed E-state index contributed by atoms with van der Waals surface area (Å²) in [7, 11) is 3.45. The zero-order chi connectivity index (χ0) is 10.6. The number of anilines is 1. The van der Waals surface area contributed by atoms with Crippen molar-refractivity contribution >= 4 is 11.5 Å². The van der Waals surface area contributed by atoms with E-state index in [0.29, 0.717) is 6.42 Å². The van der Waals surface area contributed by atoms with E-state index >= 15 is 0 Å². The molecule has 1 aromatic rings. The lowest BCUT2D eigenvalue weighted by Gasteiger charge is -2.09. The summed E-state index contributed by atoms with van der Waals surface area (Å²) in [4.78, 5) is 10.9. The van der Waals surface area contributed by atoms with Crippen molar-refractivity contribution in [3.05, 3.63) is 23.8 Å². The van der Waals surface area contributed by atoms with Crippen LogP contribution < -0.4 is 10.1 Å². The highest BCUT2D eigenvalue weighted by Gasteiger charge is 2.03. The van der Waals surface area contributed by atoms with Crippen LogP contribution in [-0.2, 0) is 11.2 Å². The molecule has 0 unspecified atom stereocenters. The minimum atomic E-state index is 0.157. The van der Waals surface area contributed by atoms with Crippen LogP contribution in [0.3, 0.4) is 0 Å². The zero-order valence-corrected chi connectivity index (χ0v) is 8.76. The Morgan fingerprint density at radius 3 is 2.71 bits per heavy atom. The minimum absolute atomic E-state index is 0.157. The molecule has 0 aliphatic rings. The average molecular weight is 193 g/mol. The molecule has 0 aliphatic heterocycles. The Morgan fingerprint density at radius 2 is 2.21 bits per heavy atom. The summed E-state index contributed by atoms with van der Waals surface area (Å²) in [6.07, 6.45) is 0.459. The predicted octanol–water partition coefficient (Wildman–Crippen LogP) is 1.87. The average Bonchev–Trinajstić information content (AvgIpc) is 2.16. The van der Waals surface area contributed by atoms with Gasteiger partial charge >= 0.3 is 0 Å². The minimum Gasteiger partial charge on any atom is -0.495 e. The van der Waals surface area contributed by atoms with Crippen molar-refractivity contribution in [1.29, 1.82) is 0 Å². The molecule has 1 aromatic carbocycles. The first kappa shape index (κ1) is 10.6. The van der Waals surface area contributed by atoms with Crippen molar-refractivity contribution in [2.75, 3.05) is 19.5 Å². The Kier molecular flexibility index (Phi) is 3.51. The Balaban J connectivity index is 2.95. The van der Waals surface area contributed by atoms with E-state index < -0.39 is 0 Å². The predicted molar refractivity (Wildman–Crippen MR) is 56.9 cm³/mol. The highest BCUT2D eigenvalue weighted by molar-refractivity contribution is 5.78. The fourth-order valence-corrected chi connectivity index (χ4v) is 1.34. The van der Waals surface area contributed by atoms with Gasteiger partial charge < -0.3 is 10.1 Å². The number of hydrogen-bond acceptors (Lipinski definition) is 3. The van der Waals surface area contributed by atoms with E-state index in [2.05, 4.69) is 5.32 Å². The summed E-state index contributed by atoms with van der Waals surface area (Å²) in [5, 5.41) is 3.02. The summed E-state index contributed by atoms with van der Waals surface area (Å²) >= 11 is 0. The molecule has 0 heterocycles. The van der Waals surface area contributed by atoms with Gasteiger partial charge in [0, 0.05) is 13.5 Å². The monoisotopic (exact) mass is 193 g/mol. The Morgan fingerprint density at radius 1 is 1.50 bits per heavy atom. The molecule has 14 heavy (non-hydrogen) atoms. The molecule has 0 aromatic heterocycles. The standard InChI is InChI=1S/C11H15NO2/c1-8(13)6-9-4-5-10(12-2)11(7-9)14-3/h4-5,7,12H,6H2,1-3H3. The third-order valence-corrected chi connectivity index (χ3v) is 1.99. The van der Waals surface area contributed by atoms with Gasteiger partial charge in [-0.3, -0.25) is 4.79 Å². The molecule has 0 saturated carbocycles. The van der Waals surface area contributed by atoms with Crippen LogP contribution in [0, 0.1) is 0 Å². The first-order valence-corrected chi connectivity index (χ1v) is 4.51. The normalized spacial score (nSPS) is 9.64. The number of rotatable bonds is 4. The van der Waals surface area contributed by atoms with E-state index in [-0.39, 0.29) is 5.78 Å². The van der Waals surface area contributed by atoms with Crippen molar-refractivity contribution in [3.8, 4) is 5.75 Å². The first-order valence-electron chi connectivity index (χ1n) is 4.51. The van der Waals surface area contributed by atoms with E-state index in [1.165, 1.54) is 0 Å². The number of ketones is 1. The summed E-state index contributed by atoms with van der Waals surface area (Å²) in [6.45, 7) is 1.58. The van der Waals surface area contributed by atoms with Crippen LogP contribution in [0.5, 0.6) is 5.75 Å². The molecule has 0 atom stereocenters. The topological polar surface area (TPSA) is 38.3 Å². The molecular formula is C11H15NO2. The SMILES string of the molecule is CNc1ccc(CC(C)=O)cc1OC. The van der Waals surface area contributed by atoms with E-state index in [0.717, 1.165) is 17.0 Å². The Hall–Kier alpha value is -1.51. The fraction of sp³-hybridized carbons (Fsp3) is 0.364.